The number of hydrogen-bond donors (Lipinski definition) is 5. The zero-order chi connectivity index (χ0) is 100. The molecule has 0 aliphatic carbocycles. The second kappa shape index (κ2) is 44.4. The van der Waals surface area contributed by atoms with Gasteiger partial charge in [-0.1, -0.05) is 67.9 Å². The lowest BCUT2D eigenvalue weighted by Gasteiger charge is -2.32. The number of aromatic hydroxyl groups is 5. The van der Waals surface area contributed by atoms with Crippen molar-refractivity contribution in [3.63, 3.8) is 0 Å². The zero-order valence-electron chi connectivity index (χ0n) is 78.0. The van der Waals surface area contributed by atoms with Gasteiger partial charge in [-0.05, 0) is 196 Å². The number of ether oxygens (including phenoxy) is 1. The molecule has 141 heavy (non-hydrogen) atoms. The van der Waals surface area contributed by atoms with Crippen molar-refractivity contribution in [3.05, 3.63) is 293 Å². The van der Waals surface area contributed by atoms with Gasteiger partial charge in [0.2, 0.25) is 27.1 Å². The quantitative estimate of drug-likeness (QED) is 0.0293. The van der Waals surface area contributed by atoms with Gasteiger partial charge in [0.15, 0.2) is 75.9 Å². The second-order valence-corrected chi connectivity index (χ2v) is 35.9. The van der Waals surface area contributed by atoms with Crippen molar-refractivity contribution in [2.45, 2.75) is 92.9 Å². The molecule has 11 heterocycles. The highest BCUT2D eigenvalue weighted by molar-refractivity contribution is 7.17. The normalized spacial score (nSPS) is 13.4. The highest BCUT2D eigenvalue weighted by Gasteiger charge is 2.29. The molecule has 19 rings (SSSR count). The zero-order valence-corrected chi connectivity index (χ0v) is 79.6. The van der Waals surface area contributed by atoms with E-state index in [9.17, 15) is 87.9 Å². The first-order chi connectivity index (χ1) is 68.0. The van der Waals surface area contributed by atoms with Gasteiger partial charge >= 0.3 is 0 Å². The number of thiazole rings is 2. The maximum absolute atomic E-state index is 13.2. The number of ketones is 2. The third kappa shape index (κ3) is 21.5. The number of phenolic OH excluding ortho intramolecular Hbond substituents is 5. The van der Waals surface area contributed by atoms with Crippen molar-refractivity contribution in [2.24, 2.45) is 0 Å². The van der Waals surface area contributed by atoms with Gasteiger partial charge in [0.25, 0.3) is 5.91 Å². The molecule has 16 aromatic rings. The molecule has 3 saturated heterocycles. The summed E-state index contributed by atoms with van der Waals surface area (Å²) in [6.45, 7) is 20.7. The van der Waals surface area contributed by atoms with Gasteiger partial charge in [0.05, 0.1) is 118 Å². The SMILES string of the molecule is CCc1cc2c(=O)c(-c3nc(C)cs3)coc2c(C=O)c1O.Cc1nc(C(=O)CCCN2CCOCC2)sc1-c1c(C)oc2c(C=O)c(O)ccc2c1=O.Cc1oc2c(C=O)c(O)ccc2c(=O)c1-c1ccc(C(=O)CCCN2CCCCC2)cc1.Cc1oc2c(C=O)c(O)ccc2c(=O)c1-c1ccc(C(=O)N2CCN(C)CC2)cc1.O=Cc1c(O)ccc2c(=O)c(-c3cnn(-c4ccccc4)c3)coc12. The fourth-order valence-corrected chi connectivity index (χ4v) is 19.1. The molecule has 8 aromatic carbocycles. The number of aldehydes is 5. The van der Waals surface area contributed by atoms with E-state index in [0.717, 1.165) is 89.8 Å². The largest absolute Gasteiger partial charge is 0.507 e. The first-order valence-corrected chi connectivity index (χ1v) is 47.3. The number of para-hydroxylation sites is 1. The minimum Gasteiger partial charge on any atom is -0.507 e. The molecule has 3 aliphatic rings. The van der Waals surface area contributed by atoms with Gasteiger partial charge in [-0.2, -0.15) is 5.10 Å². The van der Waals surface area contributed by atoms with E-state index in [1.807, 2.05) is 61.5 Å². The standard InChI is InChI=1S/C26H27NO5.C23H24N2O6S.C23H22N2O5.C19H12N2O4.C16H13NO4S/c1-17-24(25(31)20-11-12-23(30)21(16-28)26(20)32-17)19-9-7-18(8-10-19)22(29)6-5-15-27-13-3-2-4-14-27;1-13-22(32-23(24-13)18(28)4-3-7-25-8-10-30-11-9-25)19-14(2)31-21-15(20(19)29)5-6-17(27)16(21)12-26;1-14-20(21(28)17-7-8-19(27)18(13-26)22(17)30-14)15-3-5-16(6-4-15)23(29)25-11-9-24(2)10-12-25;22-10-15-17(23)7-6-14-18(24)16(11-25-19(14)15)12-8-20-21(9-12)13-4-2-1-3-5-13;1-3-9-4-10-14(20)12(16-17-8(2)7-22-16)6-21-15(10)11(5-18)13(9)19/h7-12,16,30H,2-6,13-15H2,1H3;5-6,12,27H,3-4,7-11H2,1-2H3;3-8,13,27H,9-12H2,1-2H3;1-11,23H;4-7,19H,3H2,1-2H3. The van der Waals surface area contributed by atoms with E-state index in [0.29, 0.717) is 163 Å². The average molecular weight is 1940 g/mol. The number of aromatic nitrogens is 4. The number of piperazine rings is 1. The molecule has 8 aromatic heterocycles. The Hall–Kier alpha value is -15.7. The van der Waals surface area contributed by atoms with Gasteiger partial charge in [-0.25, -0.2) is 14.6 Å². The van der Waals surface area contributed by atoms with Crippen LogP contribution in [0.2, 0.25) is 0 Å². The molecule has 0 radical (unpaired) electrons. The van der Waals surface area contributed by atoms with Crippen molar-refractivity contribution >= 4 is 126 Å². The number of carbonyl (C=O) groups excluding carboxylic acids is 8. The molecule has 0 saturated carbocycles. The van der Waals surface area contributed by atoms with Crippen LogP contribution in [0.4, 0.5) is 0 Å². The summed E-state index contributed by atoms with van der Waals surface area (Å²) in [4.78, 5) is 177. The number of phenols is 5. The predicted molar refractivity (Wildman–Crippen MR) is 534 cm³/mol. The lowest BCUT2D eigenvalue weighted by Crippen LogP contribution is -2.47. The number of morpholine rings is 1. The minimum atomic E-state index is -0.329. The van der Waals surface area contributed by atoms with Crippen LogP contribution < -0.4 is 27.1 Å². The molecule has 722 valence electrons. The molecule has 1 amide bonds. The summed E-state index contributed by atoms with van der Waals surface area (Å²) in [5.74, 6) is -0.0717. The summed E-state index contributed by atoms with van der Waals surface area (Å²) < 4.78 is 35.2. The van der Waals surface area contributed by atoms with E-state index < -0.39 is 0 Å². The van der Waals surface area contributed by atoms with Crippen LogP contribution in [0.5, 0.6) is 28.7 Å². The van der Waals surface area contributed by atoms with Crippen LogP contribution in [0.1, 0.15) is 168 Å². The lowest BCUT2D eigenvalue weighted by atomic mass is 9.98. The van der Waals surface area contributed by atoms with Crippen molar-refractivity contribution in [3.8, 4) is 88.8 Å². The molecule has 34 heteroatoms. The van der Waals surface area contributed by atoms with Crippen LogP contribution in [0.3, 0.4) is 0 Å². The highest BCUT2D eigenvalue weighted by atomic mass is 32.1. The Morgan fingerprint density at radius 1 is 0.468 bits per heavy atom. The molecule has 32 nitrogen and oxygen atoms in total. The number of Topliss-reactive ketones (excluding diaryl/α,β-unsaturated/α-hetero) is 2. The van der Waals surface area contributed by atoms with Crippen LogP contribution in [0.25, 0.3) is 115 Å². The molecular formula is C107H98N8O24S2. The average Bonchev–Trinajstić information content (AvgIpc) is 1.72. The van der Waals surface area contributed by atoms with Crippen LogP contribution in [-0.4, -0.2) is 199 Å². The number of likely N-dealkylation sites (N-methyl/N-ethyl adjacent to an activating group) is 1. The molecule has 3 fully saturated rings. The third-order valence-corrected chi connectivity index (χ3v) is 27.1. The lowest BCUT2D eigenvalue weighted by molar-refractivity contribution is 0.0371. The summed E-state index contributed by atoms with van der Waals surface area (Å²) in [6.07, 6.45) is 15.0. The maximum Gasteiger partial charge on any atom is 0.253 e. The summed E-state index contributed by atoms with van der Waals surface area (Å²) in [5, 5.41) is 57.6. The third-order valence-electron chi connectivity index (χ3n) is 24.9. The Balaban J connectivity index is 0.000000134. The van der Waals surface area contributed by atoms with Gasteiger partial charge in [-0.15, -0.1) is 22.7 Å². The van der Waals surface area contributed by atoms with Gasteiger partial charge in [-0.3, -0.25) is 67.2 Å². The van der Waals surface area contributed by atoms with Crippen LogP contribution in [0, 0.1) is 34.6 Å². The molecule has 0 atom stereocenters. The molecular weight excluding hydrogens is 1850 g/mol. The number of fused-ring (bicyclic) bond motifs is 5. The smallest absolute Gasteiger partial charge is 0.253 e. The molecule has 0 unspecified atom stereocenters. The summed E-state index contributed by atoms with van der Waals surface area (Å²) in [6, 6.07) is 36.0. The molecule has 5 N–H and O–H groups in total. The van der Waals surface area contributed by atoms with Crippen LogP contribution in [0.15, 0.2) is 210 Å². The monoisotopic (exact) mass is 1940 g/mol. The summed E-state index contributed by atoms with van der Waals surface area (Å²) >= 11 is 2.54. The first kappa shape index (κ1) is 99.7. The Labute approximate surface area is 812 Å². The van der Waals surface area contributed by atoms with Crippen LogP contribution in [-0.2, 0) is 11.2 Å². The summed E-state index contributed by atoms with van der Waals surface area (Å²) in [7, 11) is 2.04. The van der Waals surface area contributed by atoms with Gasteiger partial charge in [0.1, 0.15) is 63.6 Å². The number of carbonyl (C=O) groups is 8. The van der Waals surface area contributed by atoms with E-state index in [-0.39, 0.29) is 156 Å². The fraction of sp³-hybridized carbons (Fsp3) is 0.252. The second-order valence-electron chi connectivity index (χ2n) is 34.1. The van der Waals surface area contributed by atoms with E-state index in [4.69, 9.17) is 26.8 Å². The number of nitrogens with zero attached hydrogens (tertiary/aromatic N) is 8. The summed E-state index contributed by atoms with van der Waals surface area (Å²) in [5.41, 5.74) is 6.34. The number of amides is 1. The Bertz CT molecular complexity index is 7840. The van der Waals surface area contributed by atoms with Crippen molar-refractivity contribution in [1.82, 2.24) is 39.3 Å². The van der Waals surface area contributed by atoms with E-state index in [1.54, 1.807) is 99.4 Å². The van der Waals surface area contributed by atoms with E-state index >= 15 is 0 Å². The first-order valence-electron chi connectivity index (χ1n) is 45.6. The van der Waals surface area contributed by atoms with Crippen molar-refractivity contribution in [1.29, 1.82) is 0 Å². The van der Waals surface area contributed by atoms with Crippen molar-refractivity contribution in [2.75, 3.05) is 85.7 Å². The minimum absolute atomic E-state index is 0.00770. The Morgan fingerprint density at radius 3 is 1.43 bits per heavy atom. The molecule has 0 bridgehead atoms. The number of piperidine rings is 1. The maximum atomic E-state index is 13.2. The van der Waals surface area contributed by atoms with E-state index in [2.05, 4.69) is 29.8 Å². The number of hydrogen-bond acceptors (Lipinski definition) is 32. The molecule has 0 spiro atoms. The van der Waals surface area contributed by atoms with Crippen LogP contribution >= 0.6 is 22.7 Å². The number of benzene rings is 8. The predicted octanol–water partition coefficient (Wildman–Crippen LogP) is 17.2. The number of aryl methyl sites for hydroxylation is 6. The number of likely N-dealkylation sites (tertiary alicyclic amines) is 1. The Kier molecular flexibility index (Phi) is 31.4. The van der Waals surface area contributed by atoms with Gasteiger partial charge in [0, 0.05) is 86.1 Å². The van der Waals surface area contributed by atoms with E-state index in [1.165, 1.54) is 103 Å². The topological polar surface area (TPSA) is 455 Å². The highest BCUT2D eigenvalue weighted by Crippen LogP contribution is 2.39. The number of rotatable bonds is 23. The Morgan fingerprint density at radius 2 is 0.929 bits per heavy atom. The van der Waals surface area contributed by atoms with Gasteiger partial charge < -0.3 is 67.1 Å². The fourth-order valence-electron chi connectivity index (χ4n) is 17.2. The van der Waals surface area contributed by atoms with Crippen molar-refractivity contribution < 1.29 is 90.7 Å². The molecule has 3 aliphatic heterocycles.